The Balaban J connectivity index is 1.62. The molecule has 0 spiro atoms. The number of amides is 1. The van der Waals surface area contributed by atoms with Crippen LogP contribution in [0, 0.1) is 5.82 Å². The number of halogens is 2. The van der Waals surface area contributed by atoms with Crippen LogP contribution >= 0.6 is 11.6 Å². The number of hydrogen-bond acceptors (Lipinski definition) is 3. The van der Waals surface area contributed by atoms with Crippen LogP contribution in [0.5, 0.6) is 0 Å². The Hall–Kier alpha value is -2.40. The van der Waals surface area contributed by atoms with Gasteiger partial charge in [0.15, 0.2) is 6.61 Å². The molecule has 1 amide bonds. The summed E-state index contributed by atoms with van der Waals surface area (Å²) in [6.07, 6.45) is 0.895. The molecule has 2 rings (SSSR count). The van der Waals surface area contributed by atoms with Crippen molar-refractivity contribution in [1.82, 2.24) is 5.32 Å². The fourth-order valence-corrected chi connectivity index (χ4v) is 2.46. The standard InChI is InChI=1S/C19H19ClFNO3/c20-16-6-3-4-14(12-16)10-11-22-18(23)13-25-19(24)9-8-15-5-1-2-7-17(15)21/h1-7,12H,8-11,13H2,(H,22,23). The third kappa shape index (κ3) is 6.93. The average Bonchev–Trinajstić information content (AvgIpc) is 2.59. The number of nitrogens with one attached hydrogen (secondary N) is 1. The first-order chi connectivity index (χ1) is 12.0. The molecule has 0 heterocycles. The molecular formula is C19H19ClFNO3. The molecule has 6 heteroatoms. The highest BCUT2D eigenvalue weighted by Crippen LogP contribution is 2.11. The summed E-state index contributed by atoms with van der Waals surface area (Å²) in [6, 6.07) is 13.6. The first-order valence-electron chi connectivity index (χ1n) is 7.95. The van der Waals surface area contributed by atoms with Crippen LogP contribution in [0.15, 0.2) is 48.5 Å². The van der Waals surface area contributed by atoms with E-state index in [1.165, 1.54) is 6.07 Å². The van der Waals surface area contributed by atoms with Crippen LogP contribution in [-0.2, 0) is 27.2 Å². The van der Waals surface area contributed by atoms with E-state index in [1.807, 2.05) is 18.2 Å². The summed E-state index contributed by atoms with van der Waals surface area (Å²) >= 11 is 5.89. The molecule has 0 radical (unpaired) electrons. The van der Waals surface area contributed by atoms with Crippen molar-refractivity contribution >= 4 is 23.5 Å². The molecular weight excluding hydrogens is 345 g/mol. The number of ether oxygens (including phenoxy) is 1. The van der Waals surface area contributed by atoms with Crippen LogP contribution in [0.25, 0.3) is 0 Å². The van der Waals surface area contributed by atoms with Crippen LogP contribution in [0.3, 0.4) is 0 Å². The summed E-state index contributed by atoms with van der Waals surface area (Å²) in [5, 5.41) is 3.32. The van der Waals surface area contributed by atoms with Crippen molar-refractivity contribution < 1.29 is 18.7 Å². The van der Waals surface area contributed by atoms with Gasteiger partial charge in [0.25, 0.3) is 5.91 Å². The fourth-order valence-electron chi connectivity index (χ4n) is 2.25. The quantitative estimate of drug-likeness (QED) is 0.732. The molecule has 0 atom stereocenters. The van der Waals surface area contributed by atoms with Gasteiger partial charge in [-0.1, -0.05) is 41.9 Å². The molecule has 0 aliphatic heterocycles. The summed E-state index contributed by atoms with van der Waals surface area (Å²) in [6.45, 7) is 0.0810. The first-order valence-corrected chi connectivity index (χ1v) is 8.32. The third-order valence-electron chi connectivity index (χ3n) is 3.55. The minimum absolute atomic E-state index is 0.0245. The van der Waals surface area contributed by atoms with E-state index in [0.29, 0.717) is 23.6 Å². The van der Waals surface area contributed by atoms with Gasteiger partial charge in [-0.25, -0.2) is 4.39 Å². The third-order valence-corrected chi connectivity index (χ3v) is 3.78. The maximum absolute atomic E-state index is 13.4. The van der Waals surface area contributed by atoms with Crippen molar-refractivity contribution in [1.29, 1.82) is 0 Å². The van der Waals surface area contributed by atoms with Crippen molar-refractivity contribution in [3.05, 3.63) is 70.5 Å². The first kappa shape index (κ1) is 18.9. The molecule has 132 valence electrons. The Labute approximate surface area is 150 Å². The lowest BCUT2D eigenvalue weighted by Crippen LogP contribution is -2.30. The van der Waals surface area contributed by atoms with E-state index in [9.17, 15) is 14.0 Å². The van der Waals surface area contributed by atoms with Gasteiger partial charge in [-0.05, 0) is 42.2 Å². The Kier molecular flexibility index (Phi) is 7.41. The van der Waals surface area contributed by atoms with Gasteiger partial charge in [0.1, 0.15) is 5.82 Å². The lowest BCUT2D eigenvalue weighted by molar-refractivity contribution is -0.148. The molecule has 0 bridgehead atoms. The van der Waals surface area contributed by atoms with E-state index in [0.717, 1.165) is 5.56 Å². The van der Waals surface area contributed by atoms with E-state index < -0.39 is 5.97 Å². The van der Waals surface area contributed by atoms with E-state index in [4.69, 9.17) is 16.3 Å². The van der Waals surface area contributed by atoms with Crippen molar-refractivity contribution in [2.75, 3.05) is 13.2 Å². The van der Waals surface area contributed by atoms with Crippen LogP contribution < -0.4 is 5.32 Å². The summed E-state index contributed by atoms with van der Waals surface area (Å²) < 4.78 is 18.3. The second-order valence-corrected chi connectivity index (χ2v) is 5.92. The molecule has 0 aliphatic carbocycles. The number of hydrogen-bond donors (Lipinski definition) is 1. The van der Waals surface area contributed by atoms with E-state index in [2.05, 4.69) is 5.32 Å². The highest BCUT2D eigenvalue weighted by molar-refractivity contribution is 6.30. The fraction of sp³-hybridized carbons (Fsp3) is 0.263. The van der Waals surface area contributed by atoms with Gasteiger partial charge in [-0.15, -0.1) is 0 Å². The Morgan fingerprint density at radius 3 is 2.64 bits per heavy atom. The van der Waals surface area contributed by atoms with Gasteiger partial charge >= 0.3 is 5.97 Å². The van der Waals surface area contributed by atoms with Gasteiger partial charge in [0, 0.05) is 18.0 Å². The van der Waals surface area contributed by atoms with Crippen molar-refractivity contribution in [2.45, 2.75) is 19.3 Å². The van der Waals surface area contributed by atoms with Crippen molar-refractivity contribution in [3.63, 3.8) is 0 Å². The summed E-state index contributed by atoms with van der Waals surface area (Å²) in [5.41, 5.74) is 1.46. The number of benzene rings is 2. The predicted octanol–water partition coefficient (Wildman–Crippen LogP) is 3.31. The number of aryl methyl sites for hydroxylation is 1. The number of carbonyl (C=O) groups excluding carboxylic acids is 2. The normalized spacial score (nSPS) is 10.3. The van der Waals surface area contributed by atoms with Gasteiger partial charge in [-0.3, -0.25) is 9.59 Å². The highest BCUT2D eigenvalue weighted by Gasteiger charge is 2.09. The highest BCUT2D eigenvalue weighted by atomic mass is 35.5. The van der Waals surface area contributed by atoms with Crippen LogP contribution in [0.4, 0.5) is 4.39 Å². The van der Waals surface area contributed by atoms with Crippen molar-refractivity contribution in [3.8, 4) is 0 Å². The summed E-state index contributed by atoms with van der Waals surface area (Å²) in [5.74, 6) is -1.26. The van der Waals surface area contributed by atoms with Gasteiger partial charge in [0.2, 0.25) is 0 Å². The van der Waals surface area contributed by atoms with Crippen molar-refractivity contribution in [2.24, 2.45) is 0 Å². The molecule has 2 aromatic rings. The Morgan fingerprint density at radius 1 is 1.08 bits per heavy atom. The largest absolute Gasteiger partial charge is 0.456 e. The van der Waals surface area contributed by atoms with Gasteiger partial charge in [-0.2, -0.15) is 0 Å². The molecule has 0 unspecified atom stereocenters. The molecule has 0 saturated heterocycles. The topological polar surface area (TPSA) is 55.4 Å². The second-order valence-electron chi connectivity index (χ2n) is 5.48. The minimum Gasteiger partial charge on any atom is -0.456 e. The molecule has 4 nitrogen and oxygen atoms in total. The zero-order chi connectivity index (χ0) is 18.1. The number of carbonyl (C=O) groups is 2. The summed E-state index contributed by atoms with van der Waals surface area (Å²) in [4.78, 5) is 23.3. The van der Waals surface area contributed by atoms with Gasteiger partial charge in [0.05, 0.1) is 0 Å². The Morgan fingerprint density at radius 2 is 1.88 bits per heavy atom. The molecule has 0 fully saturated rings. The lowest BCUT2D eigenvalue weighted by atomic mass is 10.1. The van der Waals surface area contributed by atoms with E-state index in [-0.39, 0.29) is 31.2 Å². The molecule has 0 saturated carbocycles. The minimum atomic E-state index is -0.534. The molecule has 25 heavy (non-hydrogen) atoms. The smallest absolute Gasteiger partial charge is 0.306 e. The maximum atomic E-state index is 13.4. The van der Waals surface area contributed by atoms with Crippen LogP contribution in [0.1, 0.15) is 17.5 Å². The zero-order valence-corrected chi connectivity index (χ0v) is 14.4. The van der Waals surface area contributed by atoms with E-state index in [1.54, 1.807) is 24.3 Å². The number of rotatable bonds is 8. The van der Waals surface area contributed by atoms with E-state index >= 15 is 0 Å². The average molecular weight is 364 g/mol. The SMILES string of the molecule is O=C(COC(=O)CCc1ccccc1F)NCCc1cccc(Cl)c1. The second kappa shape index (κ2) is 9.79. The molecule has 0 aliphatic rings. The molecule has 2 aromatic carbocycles. The summed E-state index contributed by atoms with van der Waals surface area (Å²) in [7, 11) is 0. The monoisotopic (exact) mass is 363 g/mol. The Bertz CT molecular complexity index is 736. The molecule has 0 aromatic heterocycles. The lowest BCUT2D eigenvalue weighted by Gasteiger charge is -2.07. The van der Waals surface area contributed by atoms with Crippen LogP contribution in [-0.4, -0.2) is 25.0 Å². The molecule has 1 N–H and O–H groups in total. The predicted molar refractivity (Wildman–Crippen MR) is 93.8 cm³/mol. The zero-order valence-electron chi connectivity index (χ0n) is 13.6. The maximum Gasteiger partial charge on any atom is 0.306 e. The van der Waals surface area contributed by atoms with Gasteiger partial charge < -0.3 is 10.1 Å². The van der Waals surface area contributed by atoms with Crippen LogP contribution in [0.2, 0.25) is 5.02 Å². The number of esters is 1.